The maximum absolute atomic E-state index is 12.1. The number of nitrogens with zero attached hydrogens (tertiary/aromatic N) is 1. The van der Waals surface area contributed by atoms with Crippen molar-refractivity contribution < 1.29 is 9.53 Å². The molecule has 5 nitrogen and oxygen atoms in total. The van der Waals surface area contributed by atoms with E-state index < -0.39 is 0 Å². The molecule has 112 valence electrons. The largest absolute Gasteiger partial charge is 0.371 e. The monoisotopic (exact) mass is 287 g/mol. The van der Waals surface area contributed by atoms with Crippen molar-refractivity contribution in [1.82, 2.24) is 15.6 Å². The summed E-state index contributed by atoms with van der Waals surface area (Å²) in [7, 11) is 0. The molecule has 2 amide bonds. The summed E-state index contributed by atoms with van der Waals surface area (Å²) in [4.78, 5) is 16.2. The Morgan fingerprint density at radius 3 is 3.05 bits per heavy atom. The molecule has 3 atom stereocenters. The number of carbonyl (C=O) groups is 1. The molecule has 0 saturated carbocycles. The first-order chi connectivity index (χ1) is 10.3. The number of aromatic nitrogens is 1. The Hall–Kier alpha value is -1.88. The standard InChI is InChI=1S/C16H21N3O2/c20-16(18-13-6-2-1-3-7-13)19-14-8-10-21-15(14)12-5-4-9-17-11-12/h2,4-6,9,11,13-15H,1,3,7-8,10H2,(H2,18,19,20)/t13?,14-,15+/m0/s1. The molecule has 1 saturated heterocycles. The van der Waals surface area contributed by atoms with Gasteiger partial charge in [-0.05, 0) is 31.7 Å². The maximum atomic E-state index is 12.1. The highest BCUT2D eigenvalue weighted by Crippen LogP contribution is 2.28. The van der Waals surface area contributed by atoms with Crippen molar-refractivity contribution in [3.05, 3.63) is 42.2 Å². The molecular weight excluding hydrogens is 266 g/mol. The van der Waals surface area contributed by atoms with Gasteiger partial charge in [0.05, 0.1) is 6.04 Å². The molecule has 2 heterocycles. The summed E-state index contributed by atoms with van der Waals surface area (Å²) in [6, 6.07) is 3.91. The van der Waals surface area contributed by atoms with E-state index in [9.17, 15) is 4.79 Å². The number of ether oxygens (including phenoxy) is 1. The Morgan fingerprint density at radius 1 is 1.33 bits per heavy atom. The van der Waals surface area contributed by atoms with E-state index in [1.54, 1.807) is 12.4 Å². The van der Waals surface area contributed by atoms with Crippen LogP contribution in [-0.2, 0) is 4.74 Å². The van der Waals surface area contributed by atoms with Gasteiger partial charge >= 0.3 is 6.03 Å². The minimum Gasteiger partial charge on any atom is -0.371 e. The van der Waals surface area contributed by atoms with Gasteiger partial charge in [0, 0.05) is 30.6 Å². The van der Waals surface area contributed by atoms with Crippen LogP contribution in [0.1, 0.15) is 37.4 Å². The number of hydrogen-bond acceptors (Lipinski definition) is 3. The lowest BCUT2D eigenvalue weighted by Crippen LogP contribution is -2.46. The first-order valence-electron chi connectivity index (χ1n) is 7.58. The topological polar surface area (TPSA) is 63.2 Å². The first-order valence-corrected chi connectivity index (χ1v) is 7.58. The SMILES string of the molecule is O=C(NC1C=CCCC1)N[C@H]1CCO[C@@H]1c1cccnc1. The van der Waals surface area contributed by atoms with E-state index >= 15 is 0 Å². The second-order valence-corrected chi connectivity index (χ2v) is 5.56. The summed E-state index contributed by atoms with van der Waals surface area (Å²) in [5, 5.41) is 6.05. The summed E-state index contributed by atoms with van der Waals surface area (Å²) >= 11 is 0. The van der Waals surface area contributed by atoms with Gasteiger partial charge in [0.15, 0.2) is 0 Å². The summed E-state index contributed by atoms with van der Waals surface area (Å²) in [5.74, 6) is 0. The minimum absolute atomic E-state index is 0.00164. The molecular formula is C16H21N3O2. The van der Waals surface area contributed by atoms with Crippen molar-refractivity contribution in [2.45, 2.75) is 43.9 Å². The van der Waals surface area contributed by atoms with Crippen LogP contribution in [0.15, 0.2) is 36.7 Å². The lowest BCUT2D eigenvalue weighted by Gasteiger charge is -2.23. The molecule has 0 bridgehead atoms. The van der Waals surface area contributed by atoms with Crippen LogP contribution in [0.25, 0.3) is 0 Å². The molecule has 21 heavy (non-hydrogen) atoms. The number of urea groups is 1. The van der Waals surface area contributed by atoms with Gasteiger partial charge in [-0.1, -0.05) is 18.2 Å². The van der Waals surface area contributed by atoms with E-state index in [1.807, 2.05) is 12.1 Å². The number of amides is 2. The van der Waals surface area contributed by atoms with E-state index in [2.05, 4.69) is 27.8 Å². The van der Waals surface area contributed by atoms with Crippen molar-refractivity contribution >= 4 is 6.03 Å². The van der Waals surface area contributed by atoms with E-state index in [-0.39, 0.29) is 24.2 Å². The Balaban J connectivity index is 1.57. The fourth-order valence-corrected chi connectivity index (χ4v) is 2.92. The minimum atomic E-state index is -0.115. The van der Waals surface area contributed by atoms with Crippen LogP contribution in [0.3, 0.4) is 0 Å². The van der Waals surface area contributed by atoms with Crippen molar-refractivity contribution in [1.29, 1.82) is 0 Å². The molecule has 0 aromatic carbocycles. The van der Waals surface area contributed by atoms with E-state index in [1.165, 1.54) is 0 Å². The van der Waals surface area contributed by atoms with Gasteiger partial charge in [-0.3, -0.25) is 4.98 Å². The summed E-state index contributed by atoms with van der Waals surface area (Å²) in [6.45, 7) is 0.661. The second kappa shape index (κ2) is 6.72. The number of allylic oxidation sites excluding steroid dienone is 1. The zero-order valence-electron chi connectivity index (χ0n) is 12.0. The van der Waals surface area contributed by atoms with Crippen LogP contribution in [0.2, 0.25) is 0 Å². The van der Waals surface area contributed by atoms with E-state index in [0.29, 0.717) is 6.61 Å². The Bertz CT molecular complexity index is 504. The molecule has 1 unspecified atom stereocenters. The number of carbonyl (C=O) groups excluding carboxylic acids is 1. The van der Waals surface area contributed by atoms with Crippen LogP contribution in [0, 0.1) is 0 Å². The van der Waals surface area contributed by atoms with Gasteiger partial charge in [-0.2, -0.15) is 0 Å². The van der Waals surface area contributed by atoms with Crippen LogP contribution < -0.4 is 10.6 Å². The smallest absolute Gasteiger partial charge is 0.315 e. The van der Waals surface area contributed by atoms with Gasteiger partial charge in [0.25, 0.3) is 0 Å². The predicted molar refractivity (Wildman–Crippen MR) is 79.8 cm³/mol. The lowest BCUT2D eigenvalue weighted by atomic mass is 10.0. The maximum Gasteiger partial charge on any atom is 0.315 e. The summed E-state index contributed by atoms with van der Waals surface area (Å²) in [5.41, 5.74) is 1.01. The summed E-state index contributed by atoms with van der Waals surface area (Å²) in [6.07, 6.45) is 11.7. The fourth-order valence-electron chi connectivity index (χ4n) is 2.92. The lowest BCUT2D eigenvalue weighted by molar-refractivity contribution is 0.0996. The van der Waals surface area contributed by atoms with Crippen LogP contribution >= 0.6 is 0 Å². The van der Waals surface area contributed by atoms with Crippen LogP contribution in [0.5, 0.6) is 0 Å². The zero-order chi connectivity index (χ0) is 14.5. The van der Waals surface area contributed by atoms with Crippen LogP contribution in [0.4, 0.5) is 4.79 Å². The molecule has 1 aromatic heterocycles. The third-order valence-corrected chi connectivity index (χ3v) is 3.99. The number of rotatable bonds is 3. The van der Waals surface area contributed by atoms with Crippen molar-refractivity contribution in [2.75, 3.05) is 6.61 Å². The van der Waals surface area contributed by atoms with Gasteiger partial charge in [0.1, 0.15) is 6.10 Å². The molecule has 1 aliphatic heterocycles. The number of nitrogens with one attached hydrogen (secondary N) is 2. The molecule has 0 spiro atoms. The fraction of sp³-hybridized carbons (Fsp3) is 0.500. The Morgan fingerprint density at radius 2 is 2.29 bits per heavy atom. The molecule has 1 fully saturated rings. The quantitative estimate of drug-likeness (QED) is 0.839. The van der Waals surface area contributed by atoms with E-state index in [4.69, 9.17) is 4.74 Å². The van der Waals surface area contributed by atoms with Gasteiger partial charge in [-0.25, -0.2) is 4.79 Å². The molecule has 5 heteroatoms. The summed E-state index contributed by atoms with van der Waals surface area (Å²) < 4.78 is 5.75. The normalized spacial score (nSPS) is 28.3. The Kier molecular flexibility index (Phi) is 4.50. The number of pyridine rings is 1. The molecule has 1 aliphatic carbocycles. The highest BCUT2D eigenvalue weighted by atomic mass is 16.5. The highest BCUT2D eigenvalue weighted by Gasteiger charge is 2.31. The molecule has 2 aliphatic rings. The molecule has 3 rings (SSSR count). The highest BCUT2D eigenvalue weighted by molar-refractivity contribution is 5.75. The molecule has 2 N–H and O–H groups in total. The van der Waals surface area contributed by atoms with Crippen molar-refractivity contribution in [2.24, 2.45) is 0 Å². The number of hydrogen-bond donors (Lipinski definition) is 2. The second-order valence-electron chi connectivity index (χ2n) is 5.56. The van der Waals surface area contributed by atoms with Crippen LogP contribution in [-0.4, -0.2) is 29.7 Å². The van der Waals surface area contributed by atoms with Gasteiger partial charge in [0.2, 0.25) is 0 Å². The average Bonchev–Trinajstić information content (AvgIpc) is 2.97. The predicted octanol–water partition coefficient (Wildman–Crippen LogP) is 2.32. The Labute approximate surface area is 124 Å². The molecule has 1 aromatic rings. The average molecular weight is 287 g/mol. The van der Waals surface area contributed by atoms with Crippen molar-refractivity contribution in [3.63, 3.8) is 0 Å². The zero-order valence-corrected chi connectivity index (χ0v) is 12.0. The third-order valence-electron chi connectivity index (χ3n) is 3.99. The molecule has 0 radical (unpaired) electrons. The van der Waals surface area contributed by atoms with E-state index in [0.717, 1.165) is 31.2 Å². The first kappa shape index (κ1) is 14.1. The van der Waals surface area contributed by atoms with Gasteiger partial charge in [-0.15, -0.1) is 0 Å². The van der Waals surface area contributed by atoms with Gasteiger partial charge < -0.3 is 15.4 Å². The third kappa shape index (κ3) is 3.61. The van der Waals surface area contributed by atoms with Crippen molar-refractivity contribution in [3.8, 4) is 0 Å².